The highest BCUT2D eigenvalue weighted by molar-refractivity contribution is 5.46. The molecule has 1 aliphatic rings. The van der Waals surface area contributed by atoms with Crippen LogP contribution in [0.25, 0.3) is 0 Å². The molecule has 0 radical (unpaired) electrons. The number of hydrogen-bond donors (Lipinski definition) is 0. The molecule has 0 amide bonds. The van der Waals surface area contributed by atoms with Gasteiger partial charge < -0.3 is 14.5 Å². The van der Waals surface area contributed by atoms with Crippen LogP contribution in [0.4, 0.5) is 11.6 Å². The van der Waals surface area contributed by atoms with E-state index in [0.717, 1.165) is 49.3 Å². The maximum Gasteiger partial charge on any atom is 0.229 e. The fourth-order valence-electron chi connectivity index (χ4n) is 3.03. The molecule has 0 spiro atoms. The predicted octanol–water partition coefficient (Wildman–Crippen LogP) is 3.30. The number of hydrogen-bond acceptors (Lipinski definition) is 6. The van der Waals surface area contributed by atoms with E-state index in [0.29, 0.717) is 5.88 Å². The number of aromatic nitrogens is 3. The van der Waals surface area contributed by atoms with Crippen molar-refractivity contribution in [1.29, 1.82) is 0 Å². The number of para-hydroxylation sites is 1. The van der Waals surface area contributed by atoms with Crippen LogP contribution in [0.15, 0.2) is 60.9 Å². The molecule has 0 bridgehead atoms. The standard InChI is InChI=1S/C20H21N5O/c1-16-14-19(26-18-7-3-2-4-8-18)23-20(22-16)25-12-10-24(11-13-25)17-6-5-9-21-15-17/h2-9,14-15H,10-13H2,1H3. The zero-order valence-electron chi connectivity index (χ0n) is 14.7. The van der Waals surface area contributed by atoms with Gasteiger partial charge in [-0.3, -0.25) is 4.98 Å². The average molecular weight is 347 g/mol. The quantitative estimate of drug-likeness (QED) is 0.722. The number of ether oxygens (including phenoxy) is 1. The first-order valence-electron chi connectivity index (χ1n) is 8.76. The highest BCUT2D eigenvalue weighted by Gasteiger charge is 2.20. The Hall–Kier alpha value is -3.15. The number of nitrogens with zero attached hydrogens (tertiary/aromatic N) is 5. The monoisotopic (exact) mass is 347 g/mol. The van der Waals surface area contributed by atoms with Crippen molar-refractivity contribution in [3.05, 3.63) is 66.6 Å². The number of aryl methyl sites for hydroxylation is 1. The summed E-state index contributed by atoms with van der Waals surface area (Å²) in [7, 11) is 0. The number of anilines is 2. The first-order valence-corrected chi connectivity index (χ1v) is 8.76. The summed E-state index contributed by atoms with van der Waals surface area (Å²) in [6.45, 7) is 5.52. The smallest absolute Gasteiger partial charge is 0.229 e. The summed E-state index contributed by atoms with van der Waals surface area (Å²) in [4.78, 5) is 18.0. The van der Waals surface area contributed by atoms with Gasteiger partial charge in [-0.15, -0.1) is 0 Å². The summed E-state index contributed by atoms with van der Waals surface area (Å²) < 4.78 is 5.88. The molecule has 3 heterocycles. The van der Waals surface area contributed by atoms with Gasteiger partial charge in [0.05, 0.1) is 11.9 Å². The van der Waals surface area contributed by atoms with Crippen LogP contribution in [0.3, 0.4) is 0 Å². The zero-order chi connectivity index (χ0) is 17.8. The molecule has 0 N–H and O–H groups in total. The number of rotatable bonds is 4. The van der Waals surface area contributed by atoms with Gasteiger partial charge in [0.25, 0.3) is 0 Å². The summed E-state index contributed by atoms with van der Waals surface area (Å²) in [6, 6.07) is 15.6. The van der Waals surface area contributed by atoms with Gasteiger partial charge in [-0.1, -0.05) is 18.2 Å². The molecule has 2 aromatic heterocycles. The molecular formula is C20H21N5O. The Bertz CT molecular complexity index is 849. The third-order valence-corrected chi connectivity index (χ3v) is 4.36. The molecule has 3 aromatic rings. The Labute approximate surface area is 153 Å². The normalized spacial score (nSPS) is 14.3. The van der Waals surface area contributed by atoms with Gasteiger partial charge in [0.2, 0.25) is 11.8 Å². The van der Waals surface area contributed by atoms with Crippen LogP contribution in [-0.2, 0) is 0 Å². The van der Waals surface area contributed by atoms with Gasteiger partial charge in [0.15, 0.2) is 0 Å². The molecule has 6 nitrogen and oxygen atoms in total. The molecule has 0 unspecified atom stereocenters. The fraction of sp³-hybridized carbons (Fsp3) is 0.250. The lowest BCUT2D eigenvalue weighted by Gasteiger charge is -2.36. The lowest BCUT2D eigenvalue weighted by molar-refractivity contribution is 0.459. The van der Waals surface area contributed by atoms with Crippen LogP contribution in [0.1, 0.15) is 5.69 Å². The summed E-state index contributed by atoms with van der Waals surface area (Å²) in [5.41, 5.74) is 2.06. The molecule has 6 heteroatoms. The second-order valence-corrected chi connectivity index (χ2v) is 6.25. The van der Waals surface area contributed by atoms with Crippen molar-refractivity contribution in [3.63, 3.8) is 0 Å². The third-order valence-electron chi connectivity index (χ3n) is 4.36. The van der Waals surface area contributed by atoms with Crippen LogP contribution in [0.2, 0.25) is 0 Å². The second kappa shape index (κ2) is 7.39. The van der Waals surface area contributed by atoms with Crippen molar-refractivity contribution < 1.29 is 4.74 Å². The van der Waals surface area contributed by atoms with Gasteiger partial charge in [-0.05, 0) is 31.2 Å². The highest BCUT2D eigenvalue weighted by Crippen LogP contribution is 2.23. The Morgan fingerprint density at radius 3 is 2.38 bits per heavy atom. The maximum atomic E-state index is 5.88. The van der Waals surface area contributed by atoms with E-state index in [9.17, 15) is 0 Å². The van der Waals surface area contributed by atoms with Gasteiger partial charge in [0.1, 0.15) is 5.75 Å². The van der Waals surface area contributed by atoms with Gasteiger partial charge in [-0.2, -0.15) is 4.98 Å². The average Bonchev–Trinajstić information content (AvgIpc) is 2.69. The molecule has 1 aliphatic heterocycles. The highest BCUT2D eigenvalue weighted by atomic mass is 16.5. The number of benzene rings is 1. The van der Waals surface area contributed by atoms with E-state index >= 15 is 0 Å². The van der Waals surface area contributed by atoms with Crippen LogP contribution >= 0.6 is 0 Å². The minimum absolute atomic E-state index is 0.577. The molecule has 0 atom stereocenters. The Kier molecular flexibility index (Phi) is 4.64. The second-order valence-electron chi connectivity index (χ2n) is 6.25. The lowest BCUT2D eigenvalue weighted by Crippen LogP contribution is -2.47. The molecule has 26 heavy (non-hydrogen) atoms. The first kappa shape index (κ1) is 16.3. The van der Waals surface area contributed by atoms with Crippen molar-refractivity contribution in [2.24, 2.45) is 0 Å². The maximum absolute atomic E-state index is 5.88. The SMILES string of the molecule is Cc1cc(Oc2ccccc2)nc(N2CCN(c3cccnc3)CC2)n1. The fourth-order valence-corrected chi connectivity index (χ4v) is 3.03. The van der Waals surface area contributed by atoms with E-state index in [1.807, 2.05) is 55.6 Å². The van der Waals surface area contributed by atoms with Gasteiger partial charge in [-0.25, -0.2) is 4.98 Å². The largest absolute Gasteiger partial charge is 0.439 e. The van der Waals surface area contributed by atoms with E-state index in [2.05, 4.69) is 30.8 Å². The predicted molar refractivity (Wildman–Crippen MR) is 102 cm³/mol. The van der Waals surface area contributed by atoms with Crippen molar-refractivity contribution in [1.82, 2.24) is 15.0 Å². The van der Waals surface area contributed by atoms with Crippen molar-refractivity contribution >= 4 is 11.6 Å². The lowest BCUT2D eigenvalue weighted by atomic mass is 10.3. The minimum Gasteiger partial charge on any atom is -0.439 e. The number of piperazine rings is 1. The van der Waals surface area contributed by atoms with Crippen LogP contribution < -0.4 is 14.5 Å². The van der Waals surface area contributed by atoms with Gasteiger partial charge >= 0.3 is 0 Å². The minimum atomic E-state index is 0.577. The topological polar surface area (TPSA) is 54.4 Å². The van der Waals surface area contributed by atoms with Crippen LogP contribution in [-0.4, -0.2) is 41.1 Å². The first-order chi connectivity index (χ1) is 12.8. The van der Waals surface area contributed by atoms with Crippen LogP contribution in [0, 0.1) is 6.92 Å². The van der Waals surface area contributed by atoms with Crippen molar-refractivity contribution in [2.45, 2.75) is 6.92 Å². The van der Waals surface area contributed by atoms with E-state index in [4.69, 9.17) is 4.74 Å². The van der Waals surface area contributed by atoms with Crippen LogP contribution in [0.5, 0.6) is 11.6 Å². The Morgan fingerprint density at radius 2 is 1.65 bits per heavy atom. The molecule has 132 valence electrons. The van der Waals surface area contributed by atoms with Crippen molar-refractivity contribution in [3.8, 4) is 11.6 Å². The molecule has 0 aliphatic carbocycles. The Morgan fingerprint density at radius 1 is 0.885 bits per heavy atom. The molecule has 1 fully saturated rings. The number of pyridine rings is 1. The summed E-state index contributed by atoms with van der Waals surface area (Å²) in [5.74, 6) is 2.08. The zero-order valence-corrected chi connectivity index (χ0v) is 14.7. The molecule has 1 saturated heterocycles. The summed E-state index contributed by atoms with van der Waals surface area (Å²) >= 11 is 0. The van der Waals surface area contributed by atoms with E-state index in [-0.39, 0.29) is 0 Å². The Balaban J connectivity index is 1.46. The van der Waals surface area contributed by atoms with E-state index in [1.165, 1.54) is 0 Å². The third kappa shape index (κ3) is 3.74. The molecular weight excluding hydrogens is 326 g/mol. The molecule has 1 aromatic carbocycles. The van der Waals surface area contributed by atoms with E-state index < -0.39 is 0 Å². The summed E-state index contributed by atoms with van der Waals surface area (Å²) in [5, 5.41) is 0. The summed E-state index contributed by atoms with van der Waals surface area (Å²) in [6.07, 6.45) is 3.71. The van der Waals surface area contributed by atoms with E-state index in [1.54, 1.807) is 6.20 Å². The molecule has 0 saturated carbocycles. The van der Waals surface area contributed by atoms with Crippen molar-refractivity contribution in [2.75, 3.05) is 36.0 Å². The van der Waals surface area contributed by atoms with Gasteiger partial charge in [0, 0.05) is 44.1 Å². The molecule has 4 rings (SSSR count).